The summed E-state index contributed by atoms with van der Waals surface area (Å²) in [6, 6.07) is 0. The van der Waals surface area contributed by atoms with Gasteiger partial charge in [-0.25, -0.2) is 0 Å². The van der Waals surface area contributed by atoms with Crippen molar-refractivity contribution in [1.29, 1.82) is 0 Å². The molecular weight excluding hydrogens is 208 g/mol. The molecule has 0 bridgehead atoms. The minimum atomic E-state index is -0.643. The van der Waals surface area contributed by atoms with Crippen LogP contribution in [0.5, 0.6) is 0 Å². The number of rotatable bonds is 2. The number of carbonyl (C=O) groups excluding carboxylic acids is 2. The van der Waals surface area contributed by atoms with Gasteiger partial charge in [0.2, 0.25) is 11.6 Å². The van der Waals surface area contributed by atoms with E-state index in [1.165, 1.54) is 0 Å². The Morgan fingerprint density at radius 2 is 1.00 bits per heavy atom. The van der Waals surface area contributed by atoms with Gasteiger partial charge in [-0.2, -0.15) is 0 Å². The molecular formula is C12H16O4. The molecule has 0 heterocycles. The molecule has 0 spiro atoms. The quantitative estimate of drug-likeness (QED) is 0.704. The average Bonchev–Trinajstić information content (AvgIpc) is 2.14. The van der Waals surface area contributed by atoms with E-state index in [1.54, 1.807) is 27.7 Å². The second-order valence-electron chi connectivity index (χ2n) is 4.49. The molecule has 0 fully saturated rings. The van der Waals surface area contributed by atoms with Crippen LogP contribution in [0.3, 0.4) is 0 Å². The summed E-state index contributed by atoms with van der Waals surface area (Å²) in [5.41, 5.74) is -0.0150. The molecule has 0 atom stereocenters. The van der Waals surface area contributed by atoms with Crippen LogP contribution in [0, 0.1) is 11.8 Å². The summed E-state index contributed by atoms with van der Waals surface area (Å²) in [6.07, 6.45) is 0. The third-order valence-corrected chi connectivity index (χ3v) is 2.58. The smallest absolute Gasteiger partial charge is 0.227 e. The highest BCUT2D eigenvalue weighted by Gasteiger charge is 2.36. The predicted octanol–water partition coefficient (Wildman–Crippen LogP) is 2.07. The van der Waals surface area contributed by atoms with Crippen molar-refractivity contribution in [3.05, 3.63) is 22.7 Å². The first kappa shape index (κ1) is 12.5. The minimum absolute atomic E-state index is 0.00750. The van der Waals surface area contributed by atoms with E-state index < -0.39 is 23.1 Å². The monoisotopic (exact) mass is 224 g/mol. The summed E-state index contributed by atoms with van der Waals surface area (Å²) >= 11 is 0. The van der Waals surface area contributed by atoms with Crippen LogP contribution in [0.25, 0.3) is 0 Å². The molecule has 1 aliphatic carbocycles. The zero-order valence-corrected chi connectivity index (χ0v) is 9.87. The van der Waals surface area contributed by atoms with E-state index in [-0.39, 0.29) is 23.0 Å². The first-order chi connectivity index (χ1) is 7.29. The molecule has 4 heteroatoms. The van der Waals surface area contributed by atoms with Crippen LogP contribution in [0.4, 0.5) is 0 Å². The van der Waals surface area contributed by atoms with Crippen molar-refractivity contribution in [2.45, 2.75) is 27.7 Å². The maximum atomic E-state index is 11.8. The van der Waals surface area contributed by atoms with Gasteiger partial charge in [0, 0.05) is 0 Å². The van der Waals surface area contributed by atoms with E-state index in [2.05, 4.69) is 0 Å². The molecule has 0 aromatic heterocycles. The fourth-order valence-corrected chi connectivity index (χ4v) is 1.79. The number of Topliss-reactive ketones (excluding diaryl/α,β-unsaturated/α-hetero) is 2. The van der Waals surface area contributed by atoms with Gasteiger partial charge in [0.05, 0.1) is 11.1 Å². The van der Waals surface area contributed by atoms with Crippen molar-refractivity contribution in [2.75, 3.05) is 0 Å². The Morgan fingerprint density at radius 3 is 1.19 bits per heavy atom. The summed E-state index contributed by atoms with van der Waals surface area (Å²) in [4.78, 5) is 23.5. The van der Waals surface area contributed by atoms with E-state index in [9.17, 15) is 19.8 Å². The molecule has 1 aliphatic rings. The average molecular weight is 224 g/mol. The van der Waals surface area contributed by atoms with Gasteiger partial charge >= 0.3 is 0 Å². The lowest BCUT2D eigenvalue weighted by atomic mass is 9.83. The Bertz CT molecular complexity index is 371. The van der Waals surface area contributed by atoms with Crippen molar-refractivity contribution >= 4 is 11.6 Å². The lowest BCUT2D eigenvalue weighted by Crippen LogP contribution is -2.28. The highest BCUT2D eigenvalue weighted by Crippen LogP contribution is 2.30. The third kappa shape index (κ3) is 1.75. The van der Waals surface area contributed by atoms with Crippen LogP contribution < -0.4 is 0 Å². The van der Waals surface area contributed by atoms with Gasteiger partial charge in [0.1, 0.15) is 0 Å². The Kier molecular flexibility index (Phi) is 3.21. The van der Waals surface area contributed by atoms with Gasteiger partial charge < -0.3 is 10.2 Å². The molecule has 0 saturated carbocycles. The van der Waals surface area contributed by atoms with Crippen LogP contribution in [0.1, 0.15) is 27.7 Å². The lowest BCUT2D eigenvalue weighted by molar-refractivity contribution is -0.120. The topological polar surface area (TPSA) is 74.6 Å². The summed E-state index contributed by atoms with van der Waals surface area (Å²) in [5.74, 6) is -2.94. The van der Waals surface area contributed by atoms with Crippen molar-refractivity contribution in [1.82, 2.24) is 0 Å². The van der Waals surface area contributed by atoms with E-state index in [0.717, 1.165) is 0 Å². The minimum Gasteiger partial charge on any atom is -0.504 e. The molecule has 0 saturated heterocycles. The number of allylic oxidation sites excluding steroid dienone is 2. The van der Waals surface area contributed by atoms with Crippen LogP contribution in [0.2, 0.25) is 0 Å². The highest BCUT2D eigenvalue weighted by atomic mass is 16.3. The van der Waals surface area contributed by atoms with Gasteiger partial charge in [-0.3, -0.25) is 9.59 Å². The first-order valence-electron chi connectivity index (χ1n) is 5.24. The zero-order chi connectivity index (χ0) is 12.6. The maximum absolute atomic E-state index is 11.8. The standard InChI is InChI=1S/C12H16O4/c1-5(2)7-9(13)11(15)8(6(3)4)12(16)10(7)14/h5-6,13,16H,1-4H3. The second-order valence-corrected chi connectivity index (χ2v) is 4.49. The zero-order valence-electron chi connectivity index (χ0n) is 9.87. The number of aliphatic hydroxyl groups excluding tert-OH is 2. The Balaban J connectivity index is 3.37. The van der Waals surface area contributed by atoms with Crippen LogP contribution in [0.15, 0.2) is 22.7 Å². The number of ketones is 2. The van der Waals surface area contributed by atoms with E-state index in [4.69, 9.17) is 0 Å². The number of aliphatic hydroxyl groups is 2. The fraction of sp³-hybridized carbons (Fsp3) is 0.500. The molecule has 0 aromatic rings. The van der Waals surface area contributed by atoms with Gasteiger partial charge in [-0.15, -0.1) is 0 Å². The summed E-state index contributed by atoms with van der Waals surface area (Å²) in [5, 5.41) is 19.4. The summed E-state index contributed by atoms with van der Waals surface area (Å²) < 4.78 is 0. The first-order valence-corrected chi connectivity index (χ1v) is 5.24. The largest absolute Gasteiger partial charge is 0.504 e. The molecule has 0 radical (unpaired) electrons. The normalized spacial score (nSPS) is 18.1. The third-order valence-electron chi connectivity index (χ3n) is 2.58. The summed E-state index contributed by atoms with van der Waals surface area (Å²) in [6.45, 7) is 6.74. The molecule has 0 aromatic carbocycles. The van der Waals surface area contributed by atoms with Crippen molar-refractivity contribution in [3.63, 3.8) is 0 Å². The highest BCUT2D eigenvalue weighted by molar-refractivity contribution is 6.23. The second kappa shape index (κ2) is 4.12. The molecule has 0 amide bonds. The van der Waals surface area contributed by atoms with Gasteiger partial charge in [0.25, 0.3) is 0 Å². The number of hydrogen-bond donors (Lipinski definition) is 2. The fourth-order valence-electron chi connectivity index (χ4n) is 1.79. The molecule has 4 nitrogen and oxygen atoms in total. The van der Waals surface area contributed by atoms with E-state index in [0.29, 0.717) is 0 Å². The van der Waals surface area contributed by atoms with Crippen molar-refractivity contribution in [3.8, 4) is 0 Å². The summed E-state index contributed by atoms with van der Waals surface area (Å²) in [7, 11) is 0. The van der Waals surface area contributed by atoms with Crippen LogP contribution in [-0.2, 0) is 9.59 Å². The van der Waals surface area contributed by atoms with E-state index >= 15 is 0 Å². The lowest BCUT2D eigenvalue weighted by Gasteiger charge is -2.21. The Labute approximate surface area is 94.3 Å². The van der Waals surface area contributed by atoms with Crippen LogP contribution >= 0.6 is 0 Å². The van der Waals surface area contributed by atoms with Gasteiger partial charge in [0.15, 0.2) is 11.5 Å². The molecule has 1 rings (SSSR count). The predicted molar refractivity (Wildman–Crippen MR) is 59.0 cm³/mol. The molecule has 2 N–H and O–H groups in total. The van der Waals surface area contributed by atoms with E-state index in [1.807, 2.05) is 0 Å². The van der Waals surface area contributed by atoms with Crippen molar-refractivity contribution in [2.24, 2.45) is 11.8 Å². The molecule has 16 heavy (non-hydrogen) atoms. The molecule has 0 unspecified atom stereocenters. The van der Waals surface area contributed by atoms with Gasteiger partial charge in [-0.05, 0) is 11.8 Å². The SMILES string of the molecule is CC(C)C1=C(O)C(=O)C(C(C)C)=C(O)C1=O. The Hall–Kier alpha value is -1.58. The van der Waals surface area contributed by atoms with Gasteiger partial charge in [-0.1, -0.05) is 27.7 Å². The van der Waals surface area contributed by atoms with Crippen LogP contribution in [-0.4, -0.2) is 21.8 Å². The number of carbonyl (C=O) groups is 2. The molecule has 0 aliphatic heterocycles. The van der Waals surface area contributed by atoms with Crippen molar-refractivity contribution < 1.29 is 19.8 Å². The Morgan fingerprint density at radius 1 is 0.750 bits per heavy atom. The maximum Gasteiger partial charge on any atom is 0.227 e. The number of hydrogen-bond acceptors (Lipinski definition) is 4. The molecule has 88 valence electrons.